The van der Waals surface area contributed by atoms with Crippen LogP contribution in [0.25, 0.3) is 6.08 Å². The van der Waals surface area contributed by atoms with E-state index < -0.39 is 47.9 Å². The molecule has 0 saturated carbocycles. The van der Waals surface area contributed by atoms with Crippen molar-refractivity contribution in [3.05, 3.63) is 69.6 Å². The summed E-state index contributed by atoms with van der Waals surface area (Å²) in [6.45, 7) is 0. The van der Waals surface area contributed by atoms with Gasteiger partial charge in [0, 0.05) is 5.02 Å². The zero-order valence-corrected chi connectivity index (χ0v) is 17.0. The second-order valence-electron chi connectivity index (χ2n) is 6.11. The van der Waals surface area contributed by atoms with Crippen molar-refractivity contribution in [2.75, 3.05) is 0 Å². The molecule has 13 heteroatoms. The van der Waals surface area contributed by atoms with Crippen LogP contribution < -0.4 is 10.0 Å². The summed E-state index contributed by atoms with van der Waals surface area (Å²) in [7, 11) is -8.93. The Morgan fingerprint density at radius 3 is 2.33 bits per heavy atom. The number of amides is 1. The molecular formula is C17H12ClF3N2O5S2. The minimum Gasteiger partial charge on any atom is -0.322 e. The second-order valence-corrected chi connectivity index (χ2v) is 10.3. The summed E-state index contributed by atoms with van der Waals surface area (Å²) in [5.41, 5.74) is -3.25. The molecule has 2 aromatic rings. The van der Waals surface area contributed by atoms with Crippen LogP contribution in [-0.4, -0.2) is 28.2 Å². The van der Waals surface area contributed by atoms with Gasteiger partial charge in [-0.2, -0.15) is 17.9 Å². The Bertz CT molecular complexity index is 1240. The SMILES string of the molecule is O=C1NC(NS(=O)(=O)c2ccc(Cl)cc2)S(=O)(=O)C1=Cc1cccc(C(F)(F)F)c1. The Hall–Kier alpha value is -2.41. The highest BCUT2D eigenvalue weighted by atomic mass is 35.5. The number of hydrogen-bond donors (Lipinski definition) is 2. The van der Waals surface area contributed by atoms with Crippen LogP contribution in [0.5, 0.6) is 0 Å². The topological polar surface area (TPSA) is 109 Å². The van der Waals surface area contributed by atoms with Crippen molar-refractivity contribution in [1.29, 1.82) is 0 Å². The lowest BCUT2D eigenvalue weighted by atomic mass is 10.1. The molecule has 1 amide bonds. The molecule has 1 aliphatic rings. The van der Waals surface area contributed by atoms with E-state index in [1.807, 2.05) is 10.0 Å². The Morgan fingerprint density at radius 2 is 1.73 bits per heavy atom. The fourth-order valence-electron chi connectivity index (χ4n) is 2.54. The number of benzene rings is 2. The molecule has 1 saturated heterocycles. The minimum atomic E-state index is -4.66. The molecule has 30 heavy (non-hydrogen) atoms. The zero-order valence-electron chi connectivity index (χ0n) is 14.6. The first-order valence-corrected chi connectivity index (χ1v) is 11.4. The van der Waals surface area contributed by atoms with Gasteiger partial charge in [-0.25, -0.2) is 16.8 Å². The lowest BCUT2D eigenvalue weighted by molar-refractivity contribution is -0.137. The Balaban J connectivity index is 1.93. The van der Waals surface area contributed by atoms with Gasteiger partial charge in [-0.05, 0) is 48.0 Å². The van der Waals surface area contributed by atoms with Gasteiger partial charge in [-0.1, -0.05) is 23.7 Å². The Morgan fingerprint density at radius 1 is 1.10 bits per heavy atom. The number of alkyl halides is 3. The number of halogens is 4. The fraction of sp³-hybridized carbons (Fsp3) is 0.118. The van der Waals surface area contributed by atoms with Gasteiger partial charge < -0.3 is 5.32 Å². The summed E-state index contributed by atoms with van der Waals surface area (Å²) < 4.78 is 90.4. The smallest absolute Gasteiger partial charge is 0.322 e. The molecular weight excluding hydrogens is 469 g/mol. The largest absolute Gasteiger partial charge is 0.416 e. The molecule has 3 rings (SSSR count). The number of carbonyl (C=O) groups excluding carboxylic acids is 1. The summed E-state index contributed by atoms with van der Waals surface area (Å²) >= 11 is 5.69. The molecule has 1 unspecified atom stereocenters. The van der Waals surface area contributed by atoms with Crippen molar-refractivity contribution in [1.82, 2.24) is 10.0 Å². The van der Waals surface area contributed by atoms with Gasteiger partial charge in [0.05, 0.1) is 10.5 Å². The standard InChI is InChI=1S/C17H12ClF3N2O5S2/c18-12-4-6-13(7-5-12)30(27,28)23-16-22-15(24)14(29(16,25)26)9-10-2-1-3-11(8-10)17(19,20)21/h1-9,16,23H,(H,22,24). The highest BCUT2D eigenvalue weighted by Crippen LogP contribution is 2.31. The summed E-state index contributed by atoms with van der Waals surface area (Å²) in [4.78, 5) is 11.0. The van der Waals surface area contributed by atoms with Crippen LogP contribution >= 0.6 is 11.6 Å². The maximum Gasteiger partial charge on any atom is 0.416 e. The third-order valence-electron chi connectivity index (χ3n) is 4.00. The molecule has 0 aliphatic carbocycles. The van der Waals surface area contributed by atoms with Crippen molar-refractivity contribution >= 4 is 43.4 Å². The molecule has 1 fully saturated rings. The van der Waals surface area contributed by atoms with Crippen LogP contribution in [-0.2, 0) is 30.8 Å². The molecule has 160 valence electrons. The summed E-state index contributed by atoms with van der Waals surface area (Å²) in [6, 6.07) is 8.50. The molecule has 0 aromatic heterocycles. The van der Waals surface area contributed by atoms with Gasteiger partial charge in [0.15, 0.2) is 0 Å². The average molecular weight is 481 g/mol. The molecule has 1 atom stereocenters. The zero-order chi connectivity index (χ0) is 22.3. The lowest BCUT2D eigenvalue weighted by Crippen LogP contribution is -2.45. The molecule has 1 heterocycles. The van der Waals surface area contributed by atoms with Crippen LogP contribution in [0.1, 0.15) is 11.1 Å². The lowest BCUT2D eigenvalue weighted by Gasteiger charge is -2.12. The van der Waals surface area contributed by atoms with Gasteiger partial charge in [0.1, 0.15) is 4.91 Å². The predicted molar refractivity (Wildman–Crippen MR) is 102 cm³/mol. The average Bonchev–Trinajstić information content (AvgIpc) is 2.84. The first-order valence-electron chi connectivity index (χ1n) is 8.02. The number of sulfone groups is 1. The van der Waals surface area contributed by atoms with E-state index in [0.717, 1.165) is 30.3 Å². The van der Waals surface area contributed by atoms with Crippen LogP contribution in [0, 0.1) is 0 Å². The molecule has 7 nitrogen and oxygen atoms in total. The van der Waals surface area contributed by atoms with E-state index in [-0.39, 0.29) is 15.5 Å². The van der Waals surface area contributed by atoms with Crippen molar-refractivity contribution in [2.24, 2.45) is 0 Å². The van der Waals surface area contributed by atoms with Crippen LogP contribution in [0.3, 0.4) is 0 Å². The summed E-state index contributed by atoms with van der Waals surface area (Å²) in [5, 5.41) is 2.21. The van der Waals surface area contributed by atoms with Gasteiger partial charge in [0.2, 0.25) is 25.4 Å². The number of hydrogen-bond acceptors (Lipinski definition) is 5. The van der Waals surface area contributed by atoms with Gasteiger partial charge >= 0.3 is 6.18 Å². The van der Waals surface area contributed by atoms with Crippen molar-refractivity contribution in [3.63, 3.8) is 0 Å². The van der Waals surface area contributed by atoms with E-state index in [9.17, 15) is 34.8 Å². The number of carbonyl (C=O) groups is 1. The maximum atomic E-state index is 12.8. The summed E-state index contributed by atoms with van der Waals surface area (Å²) in [6.07, 6.45) is -3.92. The number of nitrogens with one attached hydrogen (secondary N) is 2. The van der Waals surface area contributed by atoms with Crippen LogP contribution in [0.15, 0.2) is 58.3 Å². The van der Waals surface area contributed by atoms with Crippen molar-refractivity contribution < 1.29 is 34.8 Å². The highest BCUT2D eigenvalue weighted by Gasteiger charge is 2.44. The second kappa shape index (κ2) is 7.69. The van der Waals surface area contributed by atoms with E-state index in [1.54, 1.807) is 0 Å². The first kappa shape index (κ1) is 22.3. The van der Waals surface area contributed by atoms with E-state index in [0.29, 0.717) is 6.07 Å². The third kappa shape index (κ3) is 4.51. The van der Waals surface area contributed by atoms with E-state index in [1.165, 1.54) is 18.2 Å². The quantitative estimate of drug-likeness (QED) is 0.653. The molecule has 0 radical (unpaired) electrons. The monoisotopic (exact) mass is 480 g/mol. The highest BCUT2D eigenvalue weighted by molar-refractivity contribution is 7.98. The molecule has 0 bridgehead atoms. The van der Waals surface area contributed by atoms with Crippen LogP contribution in [0.2, 0.25) is 5.02 Å². The number of sulfonamides is 1. The normalized spacial score (nSPS) is 20.3. The van der Waals surface area contributed by atoms with Crippen molar-refractivity contribution in [3.8, 4) is 0 Å². The van der Waals surface area contributed by atoms with E-state index >= 15 is 0 Å². The van der Waals surface area contributed by atoms with Crippen molar-refractivity contribution in [2.45, 2.75) is 16.6 Å². The van der Waals surface area contributed by atoms with Crippen LogP contribution in [0.4, 0.5) is 13.2 Å². The third-order valence-corrected chi connectivity index (χ3v) is 7.61. The first-order chi connectivity index (χ1) is 13.8. The molecule has 0 spiro atoms. The van der Waals surface area contributed by atoms with Gasteiger partial charge in [0.25, 0.3) is 5.91 Å². The molecule has 2 N–H and O–H groups in total. The van der Waals surface area contributed by atoms with E-state index in [4.69, 9.17) is 11.6 Å². The van der Waals surface area contributed by atoms with E-state index in [2.05, 4.69) is 0 Å². The summed E-state index contributed by atoms with van der Waals surface area (Å²) in [5.74, 6) is -1.16. The molecule has 1 aliphatic heterocycles. The predicted octanol–water partition coefficient (Wildman–Crippen LogP) is 2.51. The fourth-order valence-corrected chi connectivity index (χ4v) is 5.66. The Labute approximate surface area is 174 Å². The minimum absolute atomic E-state index is 0.195. The Kier molecular flexibility index (Phi) is 5.71. The van der Waals surface area contributed by atoms with Gasteiger partial charge in [-0.3, -0.25) is 4.79 Å². The number of rotatable bonds is 4. The molecule has 2 aromatic carbocycles. The van der Waals surface area contributed by atoms with Gasteiger partial charge in [-0.15, -0.1) is 0 Å². The maximum absolute atomic E-state index is 12.8.